The highest BCUT2D eigenvalue weighted by Gasteiger charge is 2.24. The van der Waals surface area contributed by atoms with Crippen LogP contribution in [0.25, 0.3) is 0 Å². The fourth-order valence-electron chi connectivity index (χ4n) is 3.08. The second-order valence-electron chi connectivity index (χ2n) is 6.09. The summed E-state index contributed by atoms with van der Waals surface area (Å²) in [6.07, 6.45) is 0.358. The number of piperazine rings is 1. The first-order valence-corrected chi connectivity index (χ1v) is 8.76. The van der Waals surface area contributed by atoms with E-state index in [2.05, 4.69) is 15.5 Å². The van der Waals surface area contributed by atoms with E-state index in [1.54, 1.807) is 24.3 Å². The van der Waals surface area contributed by atoms with Crippen molar-refractivity contribution in [1.82, 2.24) is 10.2 Å². The van der Waals surface area contributed by atoms with E-state index < -0.39 is 0 Å². The first-order chi connectivity index (χ1) is 12.1. The van der Waals surface area contributed by atoms with Crippen molar-refractivity contribution in [2.24, 2.45) is 0 Å². The van der Waals surface area contributed by atoms with Gasteiger partial charge >= 0.3 is 0 Å². The molecule has 1 atom stereocenters. The van der Waals surface area contributed by atoms with Gasteiger partial charge in [0.15, 0.2) is 0 Å². The van der Waals surface area contributed by atoms with Crippen molar-refractivity contribution < 1.29 is 9.18 Å². The second kappa shape index (κ2) is 9.88. The number of nitrogens with zero attached hydrogens (tertiary/aromatic N) is 1. The normalized spacial score (nSPS) is 17.4. The molecule has 0 bridgehead atoms. The van der Waals surface area contributed by atoms with Crippen LogP contribution in [0.1, 0.15) is 18.0 Å². The number of hydrogen-bond acceptors (Lipinski definition) is 3. The van der Waals surface area contributed by atoms with Crippen LogP contribution in [0.5, 0.6) is 0 Å². The van der Waals surface area contributed by atoms with Gasteiger partial charge in [-0.15, -0.1) is 12.4 Å². The van der Waals surface area contributed by atoms with Gasteiger partial charge in [-0.1, -0.05) is 35.9 Å². The molecular formula is C19H22Cl2FN3O. The zero-order valence-corrected chi connectivity index (χ0v) is 15.8. The van der Waals surface area contributed by atoms with Gasteiger partial charge in [0, 0.05) is 38.6 Å². The Labute approximate surface area is 164 Å². The quantitative estimate of drug-likeness (QED) is 0.804. The average molecular weight is 398 g/mol. The third-order valence-corrected chi connectivity index (χ3v) is 4.69. The largest absolute Gasteiger partial charge is 0.325 e. The van der Waals surface area contributed by atoms with Crippen LogP contribution in [0, 0.1) is 5.82 Å². The van der Waals surface area contributed by atoms with Crippen molar-refractivity contribution in [3.8, 4) is 0 Å². The van der Waals surface area contributed by atoms with Crippen LogP contribution < -0.4 is 10.6 Å². The SMILES string of the molecule is Cl.O=C(CCN1CCNCC1c1cccc(F)c1)Nc1ccccc1Cl. The van der Waals surface area contributed by atoms with E-state index in [1.807, 2.05) is 18.2 Å². The Morgan fingerprint density at radius 1 is 1.27 bits per heavy atom. The Balaban J connectivity index is 0.00000243. The number of anilines is 1. The molecule has 3 rings (SSSR count). The Morgan fingerprint density at radius 2 is 2.08 bits per heavy atom. The summed E-state index contributed by atoms with van der Waals surface area (Å²) >= 11 is 6.07. The maximum absolute atomic E-state index is 13.5. The molecule has 0 radical (unpaired) electrons. The van der Waals surface area contributed by atoms with Crippen LogP contribution in [0.2, 0.25) is 5.02 Å². The minimum atomic E-state index is -0.237. The molecule has 2 aromatic rings. The van der Waals surface area contributed by atoms with Crippen LogP contribution in [0.4, 0.5) is 10.1 Å². The van der Waals surface area contributed by atoms with Gasteiger partial charge in [0.2, 0.25) is 5.91 Å². The minimum absolute atomic E-state index is 0. The Bertz CT molecular complexity index is 744. The number of nitrogens with one attached hydrogen (secondary N) is 2. The molecule has 0 spiro atoms. The lowest BCUT2D eigenvalue weighted by molar-refractivity contribution is -0.116. The molecule has 4 nitrogen and oxygen atoms in total. The lowest BCUT2D eigenvalue weighted by Crippen LogP contribution is -2.46. The first kappa shape index (κ1) is 20.6. The predicted molar refractivity (Wildman–Crippen MR) is 106 cm³/mol. The summed E-state index contributed by atoms with van der Waals surface area (Å²) in [6, 6.07) is 13.9. The number of halogens is 3. The molecule has 140 valence electrons. The van der Waals surface area contributed by atoms with Gasteiger partial charge in [0.1, 0.15) is 5.82 Å². The number of hydrogen-bond donors (Lipinski definition) is 2. The van der Waals surface area contributed by atoms with E-state index in [1.165, 1.54) is 6.07 Å². The van der Waals surface area contributed by atoms with E-state index >= 15 is 0 Å². The Morgan fingerprint density at radius 3 is 2.85 bits per heavy atom. The minimum Gasteiger partial charge on any atom is -0.325 e. The summed E-state index contributed by atoms with van der Waals surface area (Å²) in [6.45, 7) is 3.03. The highest BCUT2D eigenvalue weighted by Crippen LogP contribution is 2.24. The molecular weight excluding hydrogens is 376 g/mol. The molecule has 7 heteroatoms. The number of rotatable bonds is 5. The Kier molecular flexibility index (Phi) is 7.85. The van der Waals surface area contributed by atoms with Crippen molar-refractivity contribution in [3.63, 3.8) is 0 Å². The highest BCUT2D eigenvalue weighted by molar-refractivity contribution is 6.33. The molecule has 1 fully saturated rings. The summed E-state index contributed by atoms with van der Waals surface area (Å²) in [5.41, 5.74) is 1.55. The molecule has 1 saturated heterocycles. The number of amides is 1. The lowest BCUT2D eigenvalue weighted by atomic mass is 10.0. The molecule has 0 aliphatic carbocycles. The van der Waals surface area contributed by atoms with Gasteiger partial charge in [-0.05, 0) is 29.8 Å². The van der Waals surface area contributed by atoms with E-state index in [0.717, 1.165) is 25.2 Å². The molecule has 1 unspecified atom stereocenters. The van der Waals surface area contributed by atoms with Crippen molar-refractivity contribution in [2.75, 3.05) is 31.5 Å². The molecule has 26 heavy (non-hydrogen) atoms. The maximum atomic E-state index is 13.5. The molecule has 1 heterocycles. The predicted octanol–water partition coefficient (Wildman–Crippen LogP) is 3.88. The van der Waals surface area contributed by atoms with Crippen LogP contribution in [-0.4, -0.2) is 37.0 Å². The number of carbonyl (C=O) groups excluding carboxylic acids is 1. The van der Waals surface area contributed by atoms with E-state index in [9.17, 15) is 9.18 Å². The van der Waals surface area contributed by atoms with Gasteiger partial charge in [-0.3, -0.25) is 9.69 Å². The summed E-state index contributed by atoms with van der Waals surface area (Å²) in [5.74, 6) is -0.316. The van der Waals surface area contributed by atoms with E-state index in [-0.39, 0.29) is 30.2 Å². The Hall–Kier alpha value is -1.66. The van der Waals surface area contributed by atoms with Gasteiger partial charge in [0.25, 0.3) is 0 Å². The first-order valence-electron chi connectivity index (χ1n) is 8.38. The van der Waals surface area contributed by atoms with E-state index in [0.29, 0.717) is 23.7 Å². The fraction of sp³-hybridized carbons (Fsp3) is 0.316. The third-order valence-electron chi connectivity index (χ3n) is 4.36. The third kappa shape index (κ3) is 5.42. The molecule has 1 aliphatic rings. The monoisotopic (exact) mass is 397 g/mol. The van der Waals surface area contributed by atoms with Crippen molar-refractivity contribution >= 4 is 35.6 Å². The van der Waals surface area contributed by atoms with Crippen LogP contribution >= 0.6 is 24.0 Å². The standard InChI is InChI=1S/C19H21ClFN3O.ClH/c20-16-6-1-2-7-17(16)23-19(25)8-10-24-11-9-22-13-18(24)14-4-3-5-15(21)12-14;/h1-7,12,18,22H,8-11,13H2,(H,23,25);1H. The summed E-state index contributed by atoms with van der Waals surface area (Å²) < 4.78 is 13.5. The topological polar surface area (TPSA) is 44.4 Å². The molecule has 0 saturated carbocycles. The average Bonchev–Trinajstić information content (AvgIpc) is 2.62. The van der Waals surface area contributed by atoms with Gasteiger partial charge in [-0.25, -0.2) is 4.39 Å². The molecule has 1 aliphatic heterocycles. The molecule has 2 aromatic carbocycles. The van der Waals surface area contributed by atoms with Crippen molar-refractivity contribution in [2.45, 2.75) is 12.5 Å². The molecule has 2 N–H and O–H groups in total. The molecule has 0 aromatic heterocycles. The van der Waals surface area contributed by atoms with Gasteiger partial charge < -0.3 is 10.6 Å². The number of carbonyl (C=O) groups is 1. The second-order valence-corrected chi connectivity index (χ2v) is 6.50. The number of para-hydroxylation sites is 1. The summed E-state index contributed by atoms with van der Waals surface area (Å²) in [4.78, 5) is 14.5. The van der Waals surface area contributed by atoms with E-state index in [4.69, 9.17) is 11.6 Å². The fourth-order valence-corrected chi connectivity index (χ4v) is 3.26. The van der Waals surface area contributed by atoms with Gasteiger partial charge in [0.05, 0.1) is 10.7 Å². The van der Waals surface area contributed by atoms with Gasteiger partial charge in [-0.2, -0.15) is 0 Å². The van der Waals surface area contributed by atoms with Crippen molar-refractivity contribution in [3.05, 3.63) is 64.9 Å². The maximum Gasteiger partial charge on any atom is 0.225 e. The van der Waals surface area contributed by atoms with Crippen molar-refractivity contribution in [1.29, 1.82) is 0 Å². The smallest absolute Gasteiger partial charge is 0.225 e. The highest BCUT2D eigenvalue weighted by atomic mass is 35.5. The summed E-state index contributed by atoms with van der Waals surface area (Å²) in [5, 5.41) is 6.70. The zero-order valence-electron chi connectivity index (χ0n) is 14.3. The zero-order chi connectivity index (χ0) is 17.6. The lowest BCUT2D eigenvalue weighted by Gasteiger charge is -2.36. The summed E-state index contributed by atoms with van der Waals surface area (Å²) in [7, 11) is 0. The molecule has 1 amide bonds. The van der Waals surface area contributed by atoms with Crippen LogP contribution in [0.3, 0.4) is 0 Å². The number of benzene rings is 2. The van der Waals surface area contributed by atoms with Crippen LogP contribution in [-0.2, 0) is 4.79 Å². The van der Waals surface area contributed by atoms with Crippen LogP contribution in [0.15, 0.2) is 48.5 Å².